The third-order valence-electron chi connectivity index (χ3n) is 4.40. The number of hydrogen-bond acceptors (Lipinski definition) is 3. The normalized spacial score (nSPS) is 27.9. The molecule has 3 heteroatoms. The van der Waals surface area contributed by atoms with E-state index in [-0.39, 0.29) is 0 Å². The Morgan fingerprint density at radius 1 is 1.42 bits per heavy atom. The number of nitrogens with zero attached hydrogens (tertiary/aromatic N) is 1. The van der Waals surface area contributed by atoms with Crippen LogP contribution in [0.5, 0.6) is 0 Å². The van der Waals surface area contributed by atoms with E-state index in [9.17, 15) is 0 Å². The topological polar surface area (TPSA) is 42.4 Å². The van der Waals surface area contributed by atoms with Crippen molar-refractivity contribution < 1.29 is 4.42 Å². The van der Waals surface area contributed by atoms with Gasteiger partial charge in [0, 0.05) is 12.6 Å². The van der Waals surface area contributed by atoms with Crippen LogP contribution in [0.1, 0.15) is 44.8 Å². The molecule has 1 heterocycles. The Balaban J connectivity index is 1.82. The molecule has 19 heavy (non-hydrogen) atoms. The van der Waals surface area contributed by atoms with Crippen LogP contribution < -0.4 is 5.73 Å². The van der Waals surface area contributed by atoms with Gasteiger partial charge in [-0.3, -0.25) is 4.90 Å². The largest absolute Gasteiger partial charge is 0.468 e. The Hall–Kier alpha value is -0.800. The molecule has 0 amide bonds. The van der Waals surface area contributed by atoms with Crippen LogP contribution in [0.4, 0.5) is 0 Å². The van der Waals surface area contributed by atoms with Crippen LogP contribution in [0.3, 0.4) is 0 Å². The van der Waals surface area contributed by atoms with Gasteiger partial charge in [-0.1, -0.05) is 19.8 Å². The molecular formula is C16H28N2O. The summed E-state index contributed by atoms with van der Waals surface area (Å²) in [5.74, 6) is 2.58. The standard InChI is InChI=1S/C16H28N2O/c1-3-5-13-7-8-16(17)14(10-13)11-18(2)12-15-6-4-9-19-15/h4,6,9,13-14,16H,3,5,7-8,10-12,17H2,1-2H3. The molecule has 3 nitrogen and oxygen atoms in total. The minimum atomic E-state index is 0.382. The van der Waals surface area contributed by atoms with Crippen molar-refractivity contribution in [1.82, 2.24) is 4.90 Å². The highest BCUT2D eigenvalue weighted by Gasteiger charge is 2.28. The van der Waals surface area contributed by atoms with Crippen molar-refractivity contribution in [2.45, 2.75) is 51.6 Å². The van der Waals surface area contributed by atoms with E-state index < -0.39 is 0 Å². The fraction of sp³-hybridized carbons (Fsp3) is 0.750. The molecule has 2 rings (SSSR count). The van der Waals surface area contributed by atoms with Gasteiger partial charge in [0.05, 0.1) is 12.8 Å². The Bertz CT molecular complexity index is 350. The monoisotopic (exact) mass is 264 g/mol. The average Bonchev–Trinajstić information content (AvgIpc) is 2.86. The van der Waals surface area contributed by atoms with E-state index in [1.54, 1.807) is 6.26 Å². The Morgan fingerprint density at radius 2 is 2.26 bits per heavy atom. The SMILES string of the molecule is CCCC1CCC(N)C(CN(C)Cc2ccco2)C1. The van der Waals surface area contributed by atoms with Crippen LogP contribution in [0.2, 0.25) is 0 Å². The molecule has 0 saturated heterocycles. The van der Waals surface area contributed by atoms with E-state index in [2.05, 4.69) is 18.9 Å². The lowest BCUT2D eigenvalue weighted by molar-refractivity contribution is 0.160. The van der Waals surface area contributed by atoms with Gasteiger partial charge >= 0.3 is 0 Å². The van der Waals surface area contributed by atoms with Gasteiger partial charge in [0.1, 0.15) is 5.76 Å². The first kappa shape index (κ1) is 14.6. The van der Waals surface area contributed by atoms with E-state index in [0.29, 0.717) is 12.0 Å². The van der Waals surface area contributed by atoms with Crippen molar-refractivity contribution in [2.75, 3.05) is 13.6 Å². The van der Waals surface area contributed by atoms with Gasteiger partial charge in [0.15, 0.2) is 0 Å². The molecule has 1 aromatic heterocycles. The predicted molar refractivity (Wildman–Crippen MR) is 78.8 cm³/mol. The first-order valence-electron chi connectivity index (χ1n) is 7.65. The number of rotatable bonds is 6. The van der Waals surface area contributed by atoms with E-state index in [1.807, 2.05) is 12.1 Å². The summed E-state index contributed by atoms with van der Waals surface area (Å²) in [6, 6.07) is 4.37. The van der Waals surface area contributed by atoms with Gasteiger partial charge in [0.2, 0.25) is 0 Å². The van der Waals surface area contributed by atoms with Gasteiger partial charge < -0.3 is 10.2 Å². The van der Waals surface area contributed by atoms with Crippen LogP contribution in [-0.4, -0.2) is 24.5 Å². The molecule has 3 unspecified atom stereocenters. The molecule has 108 valence electrons. The van der Waals surface area contributed by atoms with Crippen molar-refractivity contribution in [1.29, 1.82) is 0 Å². The molecule has 0 spiro atoms. The molecule has 1 fully saturated rings. The zero-order chi connectivity index (χ0) is 13.7. The van der Waals surface area contributed by atoms with Crippen molar-refractivity contribution >= 4 is 0 Å². The van der Waals surface area contributed by atoms with Gasteiger partial charge in [-0.25, -0.2) is 0 Å². The van der Waals surface area contributed by atoms with E-state index in [1.165, 1.54) is 32.1 Å². The summed E-state index contributed by atoms with van der Waals surface area (Å²) >= 11 is 0. The summed E-state index contributed by atoms with van der Waals surface area (Å²) in [5, 5.41) is 0. The zero-order valence-electron chi connectivity index (χ0n) is 12.3. The quantitative estimate of drug-likeness (QED) is 0.857. The highest BCUT2D eigenvalue weighted by molar-refractivity contribution is 4.98. The molecule has 0 aliphatic heterocycles. The molecule has 1 aromatic rings. The highest BCUT2D eigenvalue weighted by Crippen LogP contribution is 2.31. The molecule has 0 radical (unpaired) electrons. The van der Waals surface area contributed by atoms with Crippen molar-refractivity contribution in [3.05, 3.63) is 24.2 Å². The number of nitrogens with two attached hydrogens (primary N) is 1. The maximum atomic E-state index is 6.31. The molecule has 0 aromatic carbocycles. The number of furan rings is 1. The van der Waals surface area contributed by atoms with Crippen LogP contribution >= 0.6 is 0 Å². The fourth-order valence-corrected chi connectivity index (χ4v) is 3.40. The maximum Gasteiger partial charge on any atom is 0.117 e. The average molecular weight is 264 g/mol. The second kappa shape index (κ2) is 7.11. The van der Waals surface area contributed by atoms with E-state index >= 15 is 0 Å². The predicted octanol–water partition coefficient (Wildman–Crippen LogP) is 3.26. The summed E-state index contributed by atoms with van der Waals surface area (Å²) in [4.78, 5) is 2.34. The molecule has 1 saturated carbocycles. The third-order valence-corrected chi connectivity index (χ3v) is 4.40. The highest BCUT2D eigenvalue weighted by atomic mass is 16.3. The Morgan fingerprint density at radius 3 is 2.95 bits per heavy atom. The van der Waals surface area contributed by atoms with Crippen molar-refractivity contribution in [3.63, 3.8) is 0 Å². The van der Waals surface area contributed by atoms with Crippen LogP contribution in [0.15, 0.2) is 22.8 Å². The molecular weight excluding hydrogens is 236 g/mol. The lowest BCUT2D eigenvalue weighted by Gasteiger charge is -2.36. The Labute approximate surface area is 117 Å². The Kier molecular flexibility index (Phi) is 5.46. The lowest BCUT2D eigenvalue weighted by atomic mass is 9.76. The first-order chi connectivity index (χ1) is 9.19. The van der Waals surface area contributed by atoms with Crippen molar-refractivity contribution in [3.8, 4) is 0 Å². The first-order valence-corrected chi connectivity index (χ1v) is 7.65. The summed E-state index contributed by atoms with van der Waals surface area (Å²) < 4.78 is 5.41. The van der Waals surface area contributed by atoms with Gasteiger partial charge in [0.25, 0.3) is 0 Å². The van der Waals surface area contributed by atoms with Gasteiger partial charge in [-0.05, 0) is 50.3 Å². The van der Waals surface area contributed by atoms with Crippen LogP contribution in [-0.2, 0) is 6.54 Å². The third kappa shape index (κ3) is 4.36. The van der Waals surface area contributed by atoms with Gasteiger partial charge in [-0.15, -0.1) is 0 Å². The summed E-state index contributed by atoms with van der Waals surface area (Å²) in [6.45, 7) is 4.25. The van der Waals surface area contributed by atoms with Crippen LogP contribution in [0.25, 0.3) is 0 Å². The van der Waals surface area contributed by atoms with Crippen molar-refractivity contribution in [2.24, 2.45) is 17.6 Å². The fourth-order valence-electron chi connectivity index (χ4n) is 3.40. The minimum absolute atomic E-state index is 0.382. The molecule has 2 N–H and O–H groups in total. The molecule has 3 atom stereocenters. The summed E-state index contributed by atoms with van der Waals surface area (Å²) in [7, 11) is 2.17. The lowest BCUT2D eigenvalue weighted by Crippen LogP contribution is -2.42. The summed E-state index contributed by atoms with van der Waals surface area (Å²) in [5.41, 5.74) is 6.31. The maximum absolute atomic E-state index is 6.31. The minimum Gasteiger partial charge on any atom is -0.468 e. The van der Waals surface area contributed by atoms with E-state index in [4.69, 9.17) is 10.2 Å². The zero-order valence-corrected chi connectivity index (χ0v) is 12.3. The molecule has 0 bridgehead atoms. The van der Waals surface area contributed by atoms with E-state index in [0.717, 1.165) is 24.8 Å². The van der Waals surface area contributed by atoms with Gasteiger partial charge in [-0.2, -0.15) is 0 Å². The molecule has 1 aliphatic carbocycles. The molecule has 1 aliphatic rings. The van der Waals surface area contributed by atoms with Crippen LogP contribution in [0, 0.1) is 11.8 Å². The second-order valence-corrected chi connectivity index (χ2v) is 6.17. The summed E-state index contributed by atoms with van der Waals surface area (Å²) in [6.07, 6.45) is 8.24. The smallest absolute Gasteiger partial charge is 0.117 e. The second-order valence-electron chi connectivity index (χ2n) is 6.17. The number of hydrogen-bond donors (Lipinski definition) is 1.